The molecule has 0 N–H and O–H groups in total. The lowest BCUT2D eigenvalue weighted by molar-refractivity contribution is 0.0361. The zero-order valence-corrected chi connectivity index (χ0v) is 21.5. The van der Waals surface area contributed by atoms with E-state index in [1.165, 1.54) is 0 Å². The SMILES string of the molecule is O=S(=O)(c1ccc2ccccc2c1)N(CCN1CCOCC1)Cc1c2ccccc2cc2ccccc12. The first-order valence-electron chi connectivity index (χ1n) is 12.8. The van der Waals surface area contributed by atoms with Crippen molar-refractivity contribution in [2.45, 2.75) is 11.4 Å². The Morgan fingerprint density at radius 1 is 0.703 bits per heavy atom. The van der Waals surface area contributed by atoms with Crippen LogP contribution < -0.4 is 0 Å². The Morgan fingerprint density at radius 3 is 1.97 bits per heavy atom. The molecule has 1 aliphatic rings. The van der Waals surface area contributed by atoms with E-state index >= 15 is 0 Å². The van der Waals surface area contributed by atoms with Crippen LogP contribution in [0.2, 0.25) is 0 Å². The van der Waals surface area contributed by atoms with Crippen LogP contribution in [-0.2, 0) is 21.3 Å². The third kappa shape index (κ3) is 4.86. The molecule has 0 atom stereocenters. The number of hydrogen-bond acceptors (Lipinski definition) is 4. The summed E-state index contributed by atoms with van der Waals surface area (Å²) in [5.74, 6) is 0. The largest absolute Gasteiger partial charge is 0.379 e. The lowest BCUT2D eigenvalue weighted by Crippen LogP contribution is -2.42. The molecular formula is C31H30N2O3S. The Hall–Kier alpha value is -3.29. The van der Waals surface area contributed by atoms with E-state index in [-0.39, 0.29) is 0 Å². The van der Waals surface area contributed by atoms with E-state index in [0.717, 1.165) is 51.0 Å². The van der Waals surface area contributed by atoms with Crippen LogP contribution in [0.3, 0.4) is 0 Å². The van der Waals surface area contributed by atoms with Crippen LogP contribution in [0.1, 0.15) is 5.56 Å². The average molecular weight is 511 g/mol. The Bertz CT molecular complexity index is 1620. The molecule has 0 bridgehead atoms. The van der Waals surface area contributed by atoms with Crippen molar-refractivity contribution >= 4 is 42.3 Å². The van der Waals surface area contributed by atoms with Crippen molar-refractivity contribution in [2.24, 2.45) is 0 Å². The van der Waals surface area contributed by atoms with Crippen LogP contribution in [0.5, 0.6) is 0 Å². The van der Waals surface area contributed by atoms with E-state index in [2.05, 4.69) is 35.2 Å². The molecule has 6 rings (SSSR count). The maximum Gasteiger partial charge on any atom is 0.243 e. The zero-order chi connectivity index (χ0) is 25.2. The van der Waals surface area contributed by atoms with Crippen LogP contribution in [0.15, 0.2) is 102 Å². The standard InChI is InChI=1S/C31H30N2O3S/c34-37(35,28-14-13-24-7-1-2-8-25(24)22-28)33(16-15-32-17-19-36-20-18-32)23-31-29-11-5-3-9-26(29)21-27-10-4-6-12-30(27)31/h1-14,21-22H,15-20,23H2. The fourth-order valence-electron chi connectivity index (χ4n) is 5.29. The average Bonchev–Trinajstić information content (AvgIpc) is 2.95. The first-order valence-corrected chi connectivity index (χ1v) is 14.2. The summed E-state index contributed by atoms with van der Waals surface area (Å²) in [6.07, 6.45) is 0. The quantitative estimate of drug-likeness (QED) is 0.265. The lowest BCUT2D eigenvalue weighted by atomic mass is 9.97. The van der Waals surface area contributed by atoms with Gasteiger partial charge in [-0.1, -0.05) is 78.9 Å². The molecule has 188 valence electrons. The number of benzene rings is 5. The van der Waals surface area contributed by atoms with E-state index in [4.69, 9.17) is 4.74 Å². The van der Waals surface area contributed by atoms with Gasteiger partial charge in [-0.15, -0.1) is 0 Å². The number of rotatable bonds is 7. The van der Waals surface area contributed by atoms with Gasteiger partial charge in [-0.3, -0.25) is 4.90 Å². The number of fused-ring (bicyclic) bond motifs is 3. The molecule has 6 heteroatoms. The fourth-order valence-corrected chi connectivity index (χ4v) is 6.73. The minimum absolute atomic E-state index is 0.307. The zero-order valence-electron chi connectivity index (χ0n) is 20.7. The molecule has 5 aromatic rings. The van der Waals surface area contributed by atoms with Crippen LogP contribution in [0.4, 0.5) is 0 Å². The third-order valence-corrected chi connectivity index (χ3v) is 9.19. The molecule has 0 spiro atoms. The van der Waals surface area contributed by atoms with Crippen molar-refractivity contribution in [2.75, 3.05) is 39.4 Å². The minimum Gasteiger partial charge on any atom is -0.379 e. The molecule has 0 amide bonds. The summed E-state index contributed by atoms with van der Waals surface area (Å²) in [4.78, 5) is 2.62. The number of sulfonamides is 1. The van der Waals surface area contributed by atoms with Gasteiger partial charge in [0.15, 0.2) is 0 Å². The molecular weight excluding hydrogens is 480 g/mol. The summed E-state index contributed by atoms with van der Waals surface area (Å²) < 4.78 is 35.6. The maximum atomic E-state index is 14.2. The smallest absolute Gasteiger partial charge is 0.243 e. The first-order chi connectivity index (χ1) is 18.1. The second kappa shape index (κ2) is 10.2. The van der Waals surface area contributed by atoms with E-state index in [1.807, 2.05) is 54.6 Å². The first kappa shape index (κ1) is 24.1. The fraction of sp³-hybridized carbons (Fsp3) is 0.226. The van der Waals surface area contributed by atoms with Gasteiger partial charge < -0.3 is 4.74 Å². The molecule has 1 heterocycles. The van der Waals surface area contributed by atoms with Crippen molar-refractivity contribution in [3.63, 3.8) is 0 Å². The van der Waals surface area contributed by atoms with Crippen LogP contribution in [0.25, 0.3) is 32.3 Å². The van der Waals surface area contributed by atoms with Crippen LogP contribution in [-0.4, -0.2) is 57.0 Å². The number of nitrogens with zero attached hydrogens (tertiary/aromatic N) is 2. The van der Waals surface area contributed by atoms with Crippen molar-refractivity contribution in [1.29, 1.82) is 0 Å². The van der Waals surface area contributed by atoms with Crippen molar-refractivity contribution in [1.82, 2.24) is 9.21 Å². The highest BCUT2D eigenvalue weighted by Gasteiger charge is 2.27. The van der Waals surface area contributed by atoms with Gasteiger partial charge in [0.25, 0.3) is 0 Å². The Balaban J connectivity index is 1.44. The predicted molar refractivity (Wildman–Crippen MR) is 150 cm³/mol. The summed E-state index contributed by atoms with van der Waals surface area (Å²) in [5, 5.41) is 6.37. The molecule has 1 aliphatic heterocycles. The summed E-state index contributed by atoms with van der Waals surface area (Å²) in [5.41, 5.74) is 1.04. The second-order valence-corrected chi connectivity index (χ2v) is 11.5. The molecule has 1 fully saturated rings. The van der Waals surface area contributed by atoms with Gasteiger partial charge in [-0.25, -0.2) is 8.42 Å². The minimum atomic E-state index is -3.75. The monoisotopic (exact) mass is 510 g/mol. The molecule has 5 aromatic carbocycles. The summed E-state index contributed by atoms with van der Waals surface area (Å²) >= 11 is 0. The van der Waals surface area contributed by atoms with E-state index in [0.29, 0.717) is 37.7 Å². The molecule has 0 aromatic heterocycles. The van der Waals surface area contributed by atoms with Gasteiger partial charge in [-0.05, 0) is 56.1 Å². The van der Waals surface area contributed by atoms with Crippen LogP contribution in [0, 0.1) is 0 Å². The highest BCUT2D eigenvalue weighted by Crippen LogP contribution is 2.31. The summed E-state index contributed by atoms with van der Waals surface area (Å²) in [6.45, 7) is 4.39. The van der Waals surface area contributed by atoms with Gasteiger partial charge in [-0.2, -0.15) is 4.31 Å². The van der Waals surface area contributed by atoms with Crippen LogP contribution >= 0.6 is 0 Å². The van der Waals surface area contributed by atoms with Crippen molar-refractivity contribution in [3.8, 4) is 0 Å². The van der Waals surface area contributed by atoms with E-state index in [1.54, 1.807) is 16.4 Å². The molecule has 1 saturated heterocycles. The molecule has 0 radical (unpaired) electrons. The van der Waals surface area contributed by atoms with E-state index in [9.17, 15) is 8.42 Å². The van der Waals surface area contributed by atoms with Gasteiger partial charge in [0.05, 0.1) is 18.1 Å². The Labute approximate surface area is 217 Å². The molecule has 0 saturated carbocycles. The van der Waals surface area contributed by atoms with Gasteiger partial charge in [0, 0.05) is 32.7 Å². The van der Waals surface area contributed by atoms with Gasteiger partial charge >= 0.3 is 0 Å². The molecule has 5 nitrogen and oxygen atoms in total. The Kier molecular flexibility index (Phi) is 6.65. The second-order valence-electron chi connectivity index (χ2n) is 9.60. The van der Waals surface area contributed by atoms with E-state index < -0.39 is 10.0 Å². The molecule has 0 aliphatic carbocycles. The number of ether oxygens (including phenoxy) is 1. The normalized spacial score (nSPS) is 15.2. The summed E-state index contributed by atoms with van der Waals surface area (Å²) in [7, 11) is -3.75. The summed E-state index contributed by atoms with van der Waals surface area (Å²) in [6, 6.07) is 32.0. The lowest BCUT2D eigenvalue weighted by Gasteiger charge is -2.30. The van der Waals surface area contributed by atoms with Gasteiger partial charge in [0.2, 0.25) is 10.0 Å². The number of morpholine rings is 1. The highest BCUT2D eigenvalue weighted by atomic mass is 32.2. The van der Waals surface area contributed by atoms with Crippen molar-refractivity contribution in [3.05, 3.63) is 103 Å². The molecule has 37 heavy (non-hydrogen) atoms. The molecule has 0 unspecified atom stereocenters. The third-order valence-electron chi connectivity index (χ3n) is 7.35. The number of hydrogen-bond donors (Lipinski definition) is 0. The van der Waals surface area contributed by atoms with Gasteiger partial charge in [0.1, 0.15) is 0 Å². The Morgan fingerprint density at radius 2 is 1.30 bits per heavy atom. The predicted octanol–water partition coefficient (Wildman–Crippen LogP) is 5.67. The maximum absolute atomic E-state index is 14.2. The topological polar surface area (TPSA) is 49.9 Å². The van der Waals surface area contributed by atoms with Crippen molar-refractivity contribution < 1.29 is 13.2 Å². The highest BCUT2D eigenvalue weighted by molar-refractivity contribution is 7.89.